The Labute approximate surface area is 98.3 Å². The van der Waals surface area contributed by atoms with Crippen LogP contribution in [0.25, 0.3) is 0 Å². The number of hydrogen-bond acceptors (Lipinski definition) is 2. The lowest BCUT2D eigenvalue weighted by Gasteiger charge is -2.19. The maximum atomic E-state index is 12.6. The van der Waals surface area contributed by atoms with E-state index in [0.29, 0.717) is 12.1 Å². The minimum absolute atomic E-state index is 0.323. The van der Waals surface area contributed by atoms with E-state index >= 15 is 0 Å². The van der Waals surface area contributed by atoms with Gasteiger partial charge in [-0.05, 0) is 19.1 Å². The van der Waals surface area contributed by atoms with E-state index in [1.807, 2.05) is 0 Å². The molecular weight excluding hydrogens is 264 g/mol. The summed E-state index contributed by atoms with van der Waals surface area (Å²) in [7, 11) is 0. The lowest BCUT2D eigenvalue weighted by molar-refractivity contribution is -0.145. The second kappa shape index (κ2) is 4.58. The molecule has 0 saturated carbocycles. The second-order valence-electron chi connectivity index (χ2n) is 3.37. The molecule has 0 spiro atoms. The molecule has 0 saturated heterocycles. The van der Waals surface area contributed by atoms with Gasteiger partial charge in [0.05, 0.1) is 6.61 Å². The van der Waals surface area contributed by atoms with Crippen molar-refractivity contribution in [3.63, 3.8) is 0 Å². The van der Waals surface area contributed by atoms with Gasteiger partial charge >= 0.3 is 12.4 Å². The van der Waals surface area contributed by atoms with Gasteiger partial charge in [-0.25, -0.2) is 0 Å². The van der Waals surface area contributed by atoms with Gasteiger partial charge in [0.1, 0.15) is 16.9 Å². The van der Waals surface area contributed by atoms with E-state index in [2.05, 4.69) is 4.74 Å². The number of ether oxygens (including phenoxy) is 1. The minimum Gasteiger partial charge on any atom is -0.493 e. The highest BCUT2D eigenvalue weighted by molar-refractivity contribution is 5.55. The maximum absolute atomic E-state index is 12.6. The van der Waals surface area contributed by atoms with E-state index in [1.165, 1.54) is 6.92 Å². The van der Waals surface area contributed by atoms with E-state index in [4.69, 9.17) is 5.73 Å². The highest BCUT2D eigenvalue weighted by atomic mass is 19.4. The Bertz CT molecular complexity index is 402. The van der Waals surface area contributed by atoms with Gasteiger partial charge < -0.3 is 10.5 Å². The maximum Gasteiger partial charge on any atom is 0.420 e. The van der Waals surface area contributed by atoms with E-state index < -0.39 is 34.9 Å². The normalized spacial score (nSPS) is 12.6. The van der Waals surface area contributed by atoms with Crippen molar-refractivity contribution in [2.75, 3.05) is 12.3 Å². The van der Waals surface area contributed by atoms with Gasteiger partial charge in [-0.3, -0.25) is 0 Å². The topological polar surface area (TPSA) is 35.2 Å². The zero-order valence-electron chi connectivity index (χ0n) is 9.12. The molecular formula is C10H9F6NO. The van der Waals surface area contributed by atoms with E-state index in [0.717, 1.165) is 0 Å². The molecule has 0 bridgehead atoms. The molecule has 0 aliphatic carbocycles. The van der Waals surface area contributed by atoms with Crippen molar-refractivity contribution < 1.29 is 31.1 Å². The zero-order valence-corrected chi connectivity index (χ0v) is 9.12. The van der Waals surface area contributed by atoms with Crippen molar-refractivity contribution in [1.82, 2.24) is 0 Å². The van der Waals surface area contributed by atoms with Crippen molar-refractivity contribution in [3.05, 3.63) is 23.3 Å². The fourth-order valence-electron chi connectivity index (χ4n) is 1.37. The van der Waals surface area contributed by atoms with Crippen molar-refractivity contribution in [3.8, 4) is 5.75 Å². The summed E-state index contributed by atoms with van der Waals surface area (Å²) in [5, 5.41) is 0. The van der Waals surface area contributed by atoms with Gasteiger partial charge in [0.15, 0.2) is 0 Å². The Morgan fingerprint density at radius 1 is 1.00 bits per heavy atom. The van der Waals surface area contributed by atoms with Gasteiger partial charge in [-0.1, -0.05) is 0 Å². The highest BCUT2D eigenvalue weighted by Gasteiger charge is 2.42. The highest BCUT2D eigenvalue weighted by Crippen LogP contribution is 2.45. The van der Waals surface area contributed by atoms with Gasteiger partial charge in [0.2, 0.25) is 0 Å². The molecule has 0 aliphatic heterocycles. The molecule has 1 aromatic rings. The van der Waals surface area contributed by atoms with Crippen LogP contribution in [-0.2, 0) is 12.4 Å². The Morgan fingerprint density at radius 3 is 1.67 bits per heavy atom. The van der Waals surface area contributed by atoms with Crippen molar-refractivity contribution in [2.45, 2.75) is 19.3 Å². The van der Waals surface area contributed by atoms with Crippen molar-refractivity contribution in [2.24, 2.45) is 0 Å². The number of hydrogen-bond donors (Lipinski definition) is 1. The summed E-state index contributed by atoms with van der Waals surface area (Å²) in [5.74, 6) is -1.24. The quantitative estimate of drug-likeness (QED) is 0.658. The molecule has 0 aromatic heterocycles. The predicted molar refractivity (Wildman–Crippen MR) is 52.0 cm³/mol. The molecule has 0 radical (unpaired) electrons. The summed E-state index contributed by atoms with van der Waals surface area (Å²) in [4.78, 5) is 0. The standard InChI is InChI=1S/C10H9F6NO/c1-2-18-8-6(9(11,12)13)3-5(17)4-7(8)10(14,15)16/h3-4H,2,17H2,1H3. The van der Waals surface area contributed by atoms with Gasteiger partial charge in [0, 0.05) is 5.69 Å². The first-order chi connectivity index (χ1) is 8.07. The molecule has 0 fully saturated rings. The average Bonchev–Trinajstić information content (AvgIpc) is 2.17. The Morgan fingerprint density at radius 2 is 1.39 bits per heavy atom. The van der Waals surface area contributed by atoms with Gasteiger partial charge in [-0.15, -0.1) is 0 Å². The van der Waals surface area contributed by atoms with Gasteiger partial charge in [0.25, 0.3) is 0 Å². The number of alkyl halides is 6. The first-order valence-electron chi connectivity index (χ1n) is 4.78. The van der Waals surface area contributed by atoms with Crippen molar-refractivity contribution in [1.29, 1.82) is 0 Å². The van der Waals surface area contributed by atoms with Crippen LogP contribution >= 0.6 is 0 Å². The number of halogens is 6. The molecule has 0 amide bonds. The summed E-state index contributed by atoms with van der Waals surface area (Å²) < 4.78 is 80.2. The number of benzene rings is 1. The van der Waals surface area contributed by atoms with Crippen molar-refractivity contribution >= 4 is 5.69 Å². The molecule has 1 rings (SSSR count). The lowest BCUT2D eigenvalue weighted by Crippen LogP contribution is -2.16. The predicted octanol–water partition coefficient (Wildman–Crippen LogP) is 3.71. The summed E-state index contributed by atoms with van der Waals surface area (Å²) in [6.07, 6.45) is -9.94. The van der Waals surface area contributed by atoms with Crippen LogP contribution in [0.2, 0.25) is 0 Å². The molecule has 2 N–H and O–H groups in total. The van der Waals surface area contributed by atoms with E-state index in [-0.39, 0.29) is 6.61 Å². The largest absolute Gasteiger partial charge is 0.493 e. The van der Waals surface area contributed by atoms with Crippen LogP contribution in [0.4, 0.5) is 32.0 Å². The third kappa shape index (κ3) is 2.99. The van der Waals surface area contributed by atoms with Crippen LogP contribution in [0.5, 0.6) is 5.75 Å². The van der Waals surface area contributed by atoms with E-state index in [1.54, 1.807) is 0 Å². The van der Waals surface area contributed by atoms with Crippen LogP contribution in [0, 0.1) is 0 Å². The second-order valence-corrected chi connectivity index (χ2v) is 3.37. The van der Waals surface area contributed by atoms with Crippen LogP contribution in [-0.4, -0.2) is 6.61 Å². The lowest BCUT2D eigenvalue weighted by atomic mass is 10.1. The fourth-order valence-corrected chi connectivity index (χ4v) is 1.37. The van der Waals surface area contributed by atoms with Crippen LogP contribution in [0.15, 0.2) is 12.1 Å². The third-order valence-electron chi connectivity index (χ3n) is 2.01. The van der Waals surface area contributed by atoms with Crippen LogP contribution in [0.3, 0.4) is 0 Å². The number of nitrogen functional groups attached to an aromatic ring is 1. The van der Waals surface area contributed by atoms with Crippen LogP contribution < -0.4 is 10.5 Å². The summed E-state index contributed by atoms with van der Waals surface area (Å²) in [6, 6.07) is 0.834. The summed E-state index contributed by atoms with van der Waals surface area (Å²) in [5.41, 5.74) is 1.37. The summed E-state index contributed by atoms with van der Waals surface area (Å²) in [6.45, 7) is 0.965. The SMILES string of the molecule is CCOc1c(C(F)(F)F)cc(N)cc1C(F)(F)F. The fraction of sp³-hybridized carbons (Fsp3) is 0.400. The minimum atomic E-state index is -4.97. The summed E-state index contributed by atoms with van der Waals surface area (Å²) >= 11 is 0. The monoisotopic (exact) mass is 273 g/mol. The first kappa shape index (κ1) is 14.5. The van der Waals surface area contributed by atoms with Gasteiger partial charge in [-0.2, -0.15) is 26.3 Å². The zero-order chi connectivity index (χ0) is 14.1. The molecule has 0 aliphatic rings. The number of nitrogens with two attached hydrogens (primary N) is 1. The Hall–Kier alpha value is -1.60. The molecule has 8 heteroatoms. The smallest absolute Gasteiger partial charge is 0.420 e. The molecule has 0 atom stereocenters. The number of rotatable bonds is 2. The van der Waals surface area contributed by atoms with Crippen LogP contribution in [0.1, 0.15) is 18.1 Å². The number of anilines is 1. The third-order valence-corrected chi connectivity index (χ3v) is 2.01. The molecule has 2 nitrogen and oxygen atoms in total. The molecule has 18 heavy (non-hydrogen) atoms. The average molecular weight is 273 g/mol. The molecule has 102 valence electrons. The molecule has 1 aromatic carbocycles. The first-order valence-corrected chi connectivity index (χ1v) is 4.78. The Kier molecular flexibility index (Phi) is 3.68. The Balaban J connectivity index is 3.56. The van der Waals surface area contributed by atoms with E-state index in [9.17, 15) is 26.3 Å². The molecule has 0 heterocycles. The molecule has 0 unspecified atom stereocenters.